The van der Waals surface area contributed by atoms with Crippen molar-refractivity contribution < 1.29 is 9.59 Å². The molecular formula is C14H16N2O2. The van der Waals surface area contributed by atoms with Gasteiger partial charge in [0.05, 0.1) is 12.6 Å². The van der Waals surface area contributed by atoms with Crippen molar-refractivity contribution in [2.75, 3.05) is 19.6 Å². The van der Waals surface area contributed by atoms with Crippen LogP contribution in [0.25, 0.3) is 0 Å². The summed E-state index contributed by atoms with van der Waals surface area (Å²) < 4.78 is 0. The zero-order valence-electron chi connectivity index (χ0n) is 10.4. The van der Waals surface area contributed by atoms with Gasteiger partial charge < -0.3 is 9.80 Å². The molecule has 0 spiro atoms. The Kier molecular flexibility index (Phi) is 2.58. The number of nitrogens with zero attached hydrogens (tertiary/aromatic N) is 2. The molecule has 1 aromatic carbocycles. The zero-order chi connectivity index (χ0) is 12.7. The zero-order valence-corrected chi connectivity index (χ0v) is 10.4. The first-order valence-electron chi connectivity index (χ1n) is 6.29. The average Bonchev–Trinajstić information content (AvgIpc) is 2.38. The van der Waals surface area contributed by atoms with Gasteiger partial charge in [-0.25, -0.2) is 0 Å². The van der Waals surface area contributed by atoms with E-state index >= 15 is 0 Å². The predicted molar refractivity (Wildman–Crippen MR) is 66.9 cm³/mol. The average molecular weight is 244 g/mol. The topological polar surface area (TPSA) is 40.6 Å². The van der Waals surface area contributed by atoms with E-state index < -0.39 is 0 Å². The molecule has 4 nitrogen and oxygen atoms in total. The summed E-state index contributed by atoms with van der Waals surface area (Å²) in [6.07, 6.45) is 0.915. The van der Waals surface area contributed by atoms with Crippen LogP contribution in [0.4, 0.5) is 0 Å². The molecule has 0 bridgehead atoms. The van der Waals surface area contributed by atoms with E-state index in [1.165, 1.54) is 18.1 Å². The molecule has 0 radical (unpaired) electrons. The van der Waals surface area contributed by atoms with Crippen molar-refractivity contribution in [3.63, 3.8) is 0 Å². The van der Waals surface area contributed by atoms with Crippen LogP contribution in [0, 0.1) is 0 Å². The Bertz CT molecular complexity index is 512. The van der Waals surface area contributed by atoms with Crippen LogP contribution in [-0.4, -0.2) is 41.2 Å². The van der Waals surface area contributed by atoms with Crippen molar-refractivity contribution in [2.45, 2.75) is 19.4 Å². The fourth-order valence-corrected chi connectivity index (χ4v) is 2.91. The molecule has 2 aliphatic heterocycles. The lowest BCUT2D eigenvalue weighted by atomic mass is 9.91. The van der Waals surface area contributed by atoms with Crippen molar-refractivity contribution in [2.24, 2.45) is 0 Å². The molecule has 1 fully saturated rings. The maximum atomic E-state index is 12.1. The highest BCUT2D eigenvalue weighted by Crippen LogP contribution is 2.32. The fourth-order valence-electron chi connectivity index (χ4n) is 2.91. The first-order valence-corrected chi connectivity index (χ1v) is 6.29. The normalized spacial score (nSPS) is 22.5. The number of rotatable bonds is 0. The summed E-state index contributed by atoms with van der Waals surface area (Å²) in [4.78, 5) is 27.1. The van der Waals surface area contributed by atoms with Crippen LogP contribution >= 0.6 is 0 Å². The molecular weight excluding hydrogens is 228 g/mol. The van der Waals surface area contributed by atoms with Crippen molar-refractivity contribution in [1.82, 2.24) is 9.80 Å². The van der Waals surface area contributed by atoms with Crippen LogP contribution in [-0.2, 0) is 16.0 Å². The molecule has 0 N–H and O–H groups in total. The Morgan fingerprint density at radius 1 is 1.33 bits per heavy atom. The second kappa shape index (κ2) is 4.12. The first kappa shape index (κ1) is 11.3. The number of benzene rings is 1. The Labute approximate surface area is 106 Å². The number of amides is 2. The molecule has 94 valence electrons. The summed E-state index contributed by atoms with van der Waals surface area (Å²) in [7, 11) is 0. The monoisotopic (exact) mass is 244 g/mol. The lowest BCUT2D eigenvalue weighted by Crippen LogP contribution is -2.55. The number of carbonyl (C=O) groups is 2. The van der Waals surface area contributed by atoms with Crippen LogP contribution in [0.15, 0.2) is 24.3 Å². The van der Waals surface area contributed by atoms with Crippen molar-refractivity contribution in [1.29, 1.82) is 0 Å². The third-order valence-corrected chi connectivity index (χ3v) is 3.90. The number of hydrogen-bond donors (Lipinski definition) is 0. The minimum absolute atomic E-state index is 0.0222. The second-order valence-corrected chi connectivity index (χ2v) is 4.95. The maximum Gasteiger partial charge on any atom is 0.242 e. The molecule has 4 heteroatoms. The number of carbonyl (C=O) groups excluding carboxylic acids is 2. The van der Waals surface area contributed by atoms with Crippen LogP contribution < -0.4 is 0 Å². The molecule has 1 unspecified atom stereocenters. The minimum Gasteiger partial charge on any atom is -0.332 e. The minimum atomic E-state index is -0.0222. The van der Waals surface area contributed by atoms with Gasteiger partial charge in [0, 0.05) is 20.0 Å². The first-order chi connectivity index (χ1) is 8.66. The summed E-state index contributed by atoms with van der Waals surface area (Å²) in [6.45, 7) is 3.15. The van der Waals surface area contributed by atoms with Crippen molar-refractivity contribution in [3.05, 3.63) is 35.4 Å². The van der Waals surface area contributed by atoms with E-state index in [2.05, 4.69) is 12.1 Å². The third-order valence-electron chi connectivity index (χ3n) is 3.90. The Hall–Kier alpha value is -1.84. The molecule has 0 saturated carbocycles. The number of piperazine rings is 1. The summed E-state index contributed by atoms with van der Waals surface area (Å²) in [6, 6.07) is 8.26. The molecule has 2 aliphatic rings. The smallest absolute Gasteiger partial charge is 0.242 e. The van der Waals surface area contributed by atoms with E-state index in [1.54, 1.807) is 4.90 Å². The van der Waals surface area contributed by atoms with E-state index in [9.17, 15) is 9.59 Å². The molecule has 3 rings (SSSR count). The summed E-state index contributed by atoms with van der Waals surface area (Å²) >= 11 is 0. The molecule has 1 atom stereocenters. The standard InChI is InChI=1S/C14H16N2O2/c1-10(17)15-8-13-12-5-3-2-4-11(12)6-7-16(13)14(18)9-15/h2-5,13H,6-9H2,1H3. The highest BCUT2D eigenvalue weighted by Gasteiger charge is 2.37. The Balaban J connectivity index is 1.98. The van der Waals surface area contributed by atoms with Crippen LogP contribution in [0.2, 0.25) is 0 Å². The lowest BCUT2D eigenvalue weighted by Gasteiger charge is -2.44. The van der Waals surface area contributed by atoms with Crippen LogP contribution in [0.5, 0.6) is 0 Å². The van der Waals surface area contributed by atoms with Gasteiger partial charge in [-0.3, -0.25) is 9.59 Å². The van der Waals surface area contributed by atoms with Crippen molar-refractivity contribution in [3.8, 4) is 0 Å². The molecule has 1 aromatic rings. The van der Waals surface area contributed by atoms with Gasteiger partial charge in [0.15, 0.2) is 0 Å². The molecule has 2 heterocycles. The van der Waals surface area contributed by atoms with E-state index in [1.807, 2.05) is 17.0 Å². The highest BCUT2D eigenvalue weighted by molar-refractivity contribution is 5.85. The molecule has 2 amide bonds. The third kappa shape index (κ3) is 1.68. The molecule has 1 saturated heterocycles. The van der Waals surface area contributed by atoms with Gasteiger partial charge in [-0.2, -0.15) is 0 Å². The van der Waals surface area contributed by atoms with Gasteiger partial charge in [-0.05, 0) is 17.5 Å². The van der Waals surface area contributed by atoms with Gasteiger partial charge in [0.25, 0.3) is 0 Å². The summed E-state index contributed by atoms with van der Waals surface area (Å²) in [5, 5.41) is 0. The molecule has 0 aromatic heterocycles. The SMILES string of the molecule is CC(=O)N1CC(=O)N2CCc3ccccc3C2C1. The van der Waals surface area contributed by atoms with Gasteiger partial charge in [0.2, 0.25) is 11.8 Å². The fraction of sp³-hybridized carbons (Fsp3) is 0.429. The van der Waals surface area contributed by atoms with Gasteiger partial charge in [-0.1, -0.05) is 24.3 Å². The summed E-state index contributed by atoms with van der Waals surface area (Å²) in [5.41, 5.74) is 2.50. The lowest BCUT2D eigenvalue weighted by molar-refractivity contribution is -0.148. The van der Waals surface area contributed by atoms with E-state index in [0.29, 0.717) is 6.54 Å². The number of hydrogen-bond acceptors (Lipinski definition) is 2. The second-order valence-electron chi connectivity index (χ2n) is 4.95. The molecule has 18 heavy (non-hydrogen) atoms. The maximum absolute atomic E-state index is 12.1. The van der Waals surface area contributed by atoms with Crippen LogP contribution in [0.3, 0.4) is 0 Å². The largest absolute Gasteiger partial charge is 0.332 e. The number of fused-ring (bicyclic) bond motifs is 3. The van der Waals surface area contributed by atoms with E-state index in [4.69, 9.17) is 0 Å². The van der Waals surface area contributed by atoms with Gasteiger partial charge >= 0.3 is 0 Å². The van der Waals surface area contributed by atoms with Crippen LogP contribution in [0.1, 0.15) is 24.1 Å². The van der Waals surface area contributed by atoms with Gasteiger partial charge in [0.1, 0.15) is 0 Å². The summed E-state index contributed by atoms with van der Waals surface area (Å²) in [5.74, 6) is 0.0435. The quantitative estimate of drug-likeness (QED) is 0.682. The van der Waals surface area contributed by atoms with E-state index in [-0.39, 0.29) is 24.4 Å². The molecule has 0 aliphatic carbocycles. The van der Waals surface area contributed by atoms with Gasteiger partial charge in [-0.15, -0.1) is 0 Å². The van der Waals surface area contributed by atoms with E-state index in [0.717, 1.165) is 13.0 Å². The Morgan fingerprint density at radius 3 is 2.89 bits per heavy atom. The highest BCUT2D eigenvalue weighted by atomic mass is 16.2. The Morgan fingerprint density at radius 2 is 2.11 bits per heavy atom. The van der Waals surface area contributed by atoms with Crippen molar-refractivity contribution >= 4 is 11.8 Å². The predicted octanol–water partition coefficient (Wildman–Crippen LogP) is 0.974.